The van der Waals surface area contributed by atoms with E-state index in [1.807, 2.05) is 6.26 Å². The molecule has 4 atom stereocenters. The SMILES string of the molecule is CC1(C)[C@]2(c3ccoc3)N=N[C@@]1(c1ccccc1)[C@H]1CCC[C@H]12. The van der Waals surface area contributed by atoms with Gasteiger partial charge in [-0.2, -0.15) is 10.2 Å². The van der Waals surface area contributed by atoms with Crippen molar-refractivity contribution in [3.8, 4) is 0 Å². The first-order valence-corrected chi connectivity index (χ1v) is 8.67. The normalized spacial score (nSPS) is 39.7. The monoisotopic (exact) mass is 306 g/mol. The van der Waals surface area contributed by atoms with E-state index in [2.05, 4.69) is 50.2 Å². The van der Waals surface area contributed by atoms with E-state index in [0.717, 1.165) is 0 Å². The summed E-state index contributed by atoms with van der Waals surface area (Å²) in [5, 5.41) is 10.00. The van der Waals surface area contributed by atoms with Gasteiger partial charge in [0.15, 0.2) is 0 Å². The van der Waals surface area contributed by atoms with Gasteiger partial charge in [-0.3, -0.25) is 0 Å². The molecule has 3 heteroatoms. The molecule has 5 rings (SSSR count). The number of fused-ring (bicyclic) bond motifs is 5. The summed E-state index contributed by atoms with van der Waals surface area (Å²) in [6.45, 7) is 4.73. The predicted octanol–water partition coefficient (Wildman–Crippen LogP) is 5.29. The number of hydrogen-bond acceptors (Lipinski definition) is 3. The first-order chi connectivity index (χ1) is 11.1. The molecule has 0 saturated heterocycles. The average molecular weight is 306 g/mol. The second kappa shape index (κ2) is 4.14. The summed E-state index contributed by atoms with van der Waals surface area (Å²) >= 11 is 0. The Morgan fingerprint density at radius 1 is 0.913 bits per heavy atom. The van der Waals surface area contributed by atoms with Crippen molar-refractivity contribution in [1.82, 2.24) is 0 Å². The van der Waals surface area contributed by atoms with E-state index in [0.29, 0.717) is 11.8 Å². The Morgan fingerprint density at radius 2 is 1.57 bits per heavy atom. The van der Waals surface area contributed by atoms with E-state index in [9.17, 15) is 0 Å². The van der Waals surface area contributed by atoms with E-state index in [1.54, 1.807) is 6.26 Å². The minimum Gasteiger partial charge on any atom is -0.472 e. The first-order valence-electron chi connectivity index (χ1n) is 8.67. The van der Waals surface area contributed by atoms with Crippen molar-refractivity contribution in [3.05, 3.63) is 60.1 Å². The van der Waals surface area contributed by atoms with E-state index in [-0.39, 0.29) is 16.5 Å². The van der Waals surface area contributed by atoms with Gasteiger partial charge in [0.05, 0.1) is 12.5 Å². The Kier molecular flexibility index (Phi) is 2.43. The van der Waals surface area contributed by atoms with Crippen molar-refractivity contribution in [2.75, 3.05) is 0 Å². The molecule has 2 aliphatic carbocycles. The maximum atomic E-state index is 5.45. The fourth-order valence-electron chi connectivity index (χ4n) is 6.17. The zero-order valence-corrected chi connectivity index (χ0v) is 13.7. The van der Waals surface area contributed by atoms with Gasteiger partial charge in [-0.15, -0.1) is 0 Å². The molecule has 1 aromatic carbocycles. The lowest BCUT2D eigenvalue weighted by atomic mass is 9.61. The zero-order valence-electron chi connectivity index (χ0n) is 13.7. The molecule has 0 spiro atoms. The predicted molar refractivity (Wildman–Crippen MR) is 88.0 cm³/mol. The number of rotatable bonds is 2. The minimum absolute atomic E-state index is 0.0546. The summed E-state index contributed by atoms with van der Waals surface area (Å²) < 4.78 is 5.45. The highest BCUT2D eigenvalue weighted by Crippen LogP contribution is 2.77. The van der Waals surface area contributed by atoms with Gasteiger partial charge in [-0.25, -0.2) is 0 Å². The number of furan rings is 1. The maximum absolute atomic E-state index is 5.45. The van der Waals surface area contributed by atoms with Crippen LogP contribution in [0.4, 0.5) is 0 Å². The first kappa shape index (κ1) is 13.5. The molecule has 0 N–H and O–H groups in total. The highest BCUT2D eigenvalue weighted by molar-refractivity contribution is 5.44. The molecule has 1 aliphatic heterocycles. The molecule has 0 unspecified atom stereocenters. The van der Waals surface area contributed by atoms with Crippen LogP contribution in [0.25, 0.3) is 0 Å². The fraction of sp³-hybridized carbons (Fsp3) is 0.500. The number of hydrogen-bond donors (Lipinski definition) is 0. The summed E-state index contributed by atoms with van der Waals surface area (Å²) in [6.07, 6.45) is 7.45. The van der Waals surface area contributed by atoms with Crippen LogP contribution in [0.3, 0.4) is 0 Å². The molecule has 2 saturated carbocycles. The van der Waals surface area contributed by atoms with Crippen LogP contribution in [-0.4, -0.2) is 0 Å². The molecule has 3 nitrogen and oxygen atoms in total. The van der Waals surface area contributed by atoms with Crippen LogP contribution < -0.4 is 0 Å². The van der Waals surface area contributed by atoms with Crippen molar-refractivity contribution in [3.63, 3.8) is 0 Å². The topological polar surface area (TPSA) is 37.9 Å². The van der Waals surface area contributed by atoms with E-state index >= 15 is 0 Å². The third kappa shape index (κ3) is 1.27. The lowest BCUT2D eigenvalue weighted by Gasteiger charge is -2.41. The van der Waals surface area contributed by atoms with Crippen molar-refractivity contribution in [1.29, 1.82) is 0 Å². The van der Waals surface area contributed by atoms with Gasteiger partial charge in [-0.05, 0) is 36.3 Å². The Balaban J connectivity index is 1.81. The van der Waals surface area contributed by atoms with Crippen molar-refractivity contribution in [2.45, 2.75) is 44.2 Å². The van der Waals surface area contributed by atoms with Gasteiger partial charge < -0.3 is 4.42 Å². The average Bonchev–Trinajstić information content (AvgIpc) is 3.30. The molecular formula is C20H22N2O. The number of benzene rings is 1. The summed E-state index contributed by atoms with van der Waals surface area (Å²) in [6, 6.07) is 12.9. The molecule has 2 aromatic rings. The summed E-state index contributed by atoms with van der Waals surface area (Å²) in [4.78, 5) is 0. The Hall–Kier alpha value is -1.90. The van der Waals surface area contributed by atoms with Crippen LogP contribution in [0.15, 0.2) is 63.6 Å². The van der Waals surface area contributed by atoms with Crippen LogP contribution in [0.5, 0.6) is 0 Å². The Morgan fingerprint density at radius 3 is 2.17 bits per heavy atom. The van der Waals surface area contributed by atoms with Gasteiger partial charge in [0.25, 0.3) is 0 Å². The lowest BCUT2D eigenvalue weighted by Crippen LogP contribution is -2.44. The van der Waals surface area contributed by atoms with Crippen LogP contribution in [-0.2, 0) is 11.1 Å². The lowest BCUT2D eigenvalue weighted by molar-refractivity contribution is 0.140. The van der Waals surface area contributed by atoms with Gasteiger partial charge in [0.1, 0.15) is 11.1 Å². The second-order valence-electron chi connectivity index (χ2n) is 7.88. The molecule has 23 heavy (non-hydrogen) atoms. The van der Waals surface area contributed by atoms with Crippen molar-refractivity contribution in [2.24, 2.45) is 27.5 Å². The highest BCUT2D eigenvalue weighted by Gasteiger charge is 2.78. The minimum atomic E-state index is -0.239. The quantitative estimate of drug-likeness (QED) is 0.742. The van der Waals surface area contributed by atoms with Crippen LogP contribution >= 0.6 is 0 Å². The molecule has 3 aliphatic rings. The molecule has 1 aromatic heterocycles. The molecule has 2 heterocycles. The molecule has 2 fully saturated rings. The fourth-order valence-corrected chi connectivity index (χ4v) is 6.17. The molecule has 2 bridgehead atoms. The number of azo groups is 1. The largest absolute Gasteiger partial charge is 0.472 e. The summed E-state index contributed by atoms with van der Waals surface area (Å²) in [5.74, 6) is 1.14. The number of nitrogens with zero attached hydrogens (tertiary/aromatic N) is 2. The van der Waals surface area contributed by atoms with Crippen molar-refractivity contribution < 1.29 is 4.42 Å². The van der Waals surface area contributed by atoms with Crippen LogP contribution in [0.1, 0.15) is 44.2 Å². The van der Waals surface area contributed by atoms with Gasteiger partial charge in [-0.1, -0.05) is 50.6 Å². The smallest absolute Gasteiger partial charge is 0.120 e. The second-order valence-corrected chi connectivity index (χ2v) is 7.88. The molecule has 0 amide bonds. The van der Waals surface area contributed by atoms with Crippen LogP contribution in [0.2, 0.25) is 0 Å². The van der Waals surface area contributed by atoms with E-state index in [4.69, 9.17) is 14.6 Å². The van der Waals surface area contributed by atoms with E-state index in [1.165, 1.54) is 30.4 Å². The highest BCUT2D eigenvalue weighted by atomic mass is 16.3. The van der Waals surface area contributed by atoms with Crippen molar-refractivity contribution >= 4 is 0 Å². The van der Waals surface area contributed by atoms with E-state index < -0.39 is 0 Å². The van der Waals surface area contributed by atoms with Crippen LogP contribution in [0, 0.1) is 17.3 Å². The summed E-state index contributed by atoms with van der Waals surface area (Å²) in [7, 11) is 0. The molecule has 0 radical (unpaired) electrons. The van der Waals surface area contributed by atoms with Gasteiger partial charge in [0, 0.05) is 11.0 Å². The Labute approximate surface area is 136 Å². The maximum Gasteiger partial charge on any atom is 0.120 e. The molecule has 118 valence electrons. The van der Waals surface area contributed by atoms with Gasteiger partial charge in [0.2, 0.25) is 0 Å². The molecular weight excluding hydrogens is 284 g/mol. The van der Waals surface area contributed by atoms with Gasteiger partial charge >= 0.3 is 0 Å². The standard InChI is InChI=1S/C20H22N2O/c1-18(2)19(14-7-4-3-5-8-14)16-9-6-10-17(16)20(18,22-21-19)15-11-12-23-13-15/h3-5,7-8,11-13,16-17H,6,9-10H2,1-2H3/t16-,17+,19-,20+/m0/s1. The third-order valence-electron chi connectivity index (χ3n) is 7.04. The summed E-state index contributed by atoms with van der Waals surface area (Å²) in [5.41, 5.74) is 2.04. The third-order valence-corrected chi connectivity index (χ3v) is 7.04. The Bertz CT molecular complexity index is 764. The zero-order chi connectivity index (χ0) is 15.7.